The summed E-state index contributed by atoms with van der Waals surface area (Å²) in [6, 6.07) is 54.7. The first-order chi connectivity index (χ1) is 23.3. The Kier molecular flexibility index (Phi) is 5.54. The molecular formula is C43H26N2O2. The van der Waals surface area contributed by atoms with Gasteiger partial charge in [0.05, 0.1) is 11.2 Å². The normalized spacial score (nSPS) is 11.8. The van der Waals surface area contributed by atoms with Gasteiger partial charge in [0, 0.05) is 66.4 Å². The fourth-order valence-electron chi connectivity index (χ4n) is 7.08. The molecule has 10 aromatic rings. The zero-order valence-corrected chi connectivity index (χ0v) is 25.2. The van der Waals surface area contributed by atoms with Crippen LogP contribution >= 0.6 is 0 Å². The fraction of sp³-hybridized carbons (Fsp3) is 0. The van der Waals surface area contributed by atoms with Crippen LogP contribution in [0.3, 0.4) is 0 Å². The Morgan fingerprint density at radius 2 is 0.979 bits per heavy atom. The van der Waals surface area contributed by atoms with Crippen molar-refractivity contribution in [3.63, 3.8) is 0 Å². The van der Waals surface area contributed by atoms with Gasteiger partial charge in [-0.3, -0.25) is 0 Å². The molecule has 0 aliphatic carbocycles. The number of fused-ring (bicyclic) bond motifs is 10. The van der Waals surface area contributed by atoms with Gasteiger partial charge in [-0.05, 0) is 60.7 Å². The predicted octanol–water partition coefficient (Wildman–Crippen LogP) is 12.3. The number of pyridine rings is 1. The van der Waals surface area contributed by atoms with E-state index < -0.39 is 0 Å². The predicted molar refractivity (Wildman–Crippen MR) is 194 cm³/mol. The van der Waals surface area contributed by atoms with E-state index in [9.17, 15) is 0 Å². The van der Waals surface area contributed by atoms with Crippen LogP contribution in [0.15, 0.2) is 167 Å². The molecule has 3 heterocycles. The maximum absolute atomic E-state index is 6.52. The molecule has 0 spiro atoms. The lowest BCUT2D eigenvalue weighted by molar-refractivity contribution is 0.669. The van der Waals surface area contributed by atoms with Crippen LogP contribution in [0.5, 0.6) is 0 Å². The lowest BCUT2D eigenvalue weighted by Crippen LogP contribution is -2.09. The largest absolute Gasteiger partial charge is 0.456 e. The Morgan fingerprint density at radius 3 is 1.79 bits per heavy atom. The molecule has 0 N–H and O–H groups in total. The molecular weight excluding hydrogens is 576 g/mol. The number of rotatable bonds is 4. The van der Waals surface area contributed by atoms with Gasteiger partial charge in [0.25, 0.3) is 0 Å². The number of anilines is 3. The van der Waals surface area contributed by atoms with Gasteiger partial charge in [-0.2, -0.15) is 0 Å². The van der Waals surface area contributed by atoms with Crippen molar-refractivity contribution >= 4 is 82.6 Å². The van der Waals surface area contributed by atoms with Crippen LogP contribution in [-0.2, 0) is 0 Å². The van der Waals surface area contributed by atoms with Crippen molar-refractivity contribution in [1.82, 2.24) is 4.98 Å². The minimum Gasteiger partial charge on any atom is -0.456 e. The highest BCUT2D eigenvalue weighted by Gasteiger charge is 2.19. The van der Waals surface area contributed by atoms with Crippen molar-refractivity contribution < 1.29 is 8.83 Å². The molecule has 7 aromatic carbocycles. The molecule has 4 heteroatoms. The van der Waals surface area contributed by atoms with Crippen LogP contribution in [0, 0.1) is 0 Å². The fourth-order valence-corrected chi connectivity index (χ4v) is 7.08. The quantitative estimate of drug-likeness (QED) is 0.188. The first kappa shape index (κ1) is 25.9. The van der Waals surface area contributed by atoms with E-state index in [1.165, 1.54) is 0 Å². The zero-order valence-electron chi connectivity index (χ0n) is 25.2. The van der Waals surface area contributed by atoms with Crippen LogP contribution in [-0.4, -0.2) is 4.98 Å². The maximum atomic E-state index is 6.52. The third-order valence-corrected chi connectivity index (χ3v) is 9.24. The summed E-state index contributed by atoms with van der Waals surface area (Å²) >= 11 is 0. The standard InChI is InChI=1S/C43H26N2O2/c1-2-10-28(11-3-1)45(30-22-23-33-31-12-5-8-16-38(31)46-40(33)26-30)29-20-18-27(19-21-29)42-36-25-24-34-32-13-6-9-17-39(32)47-43(34)41(36)35-14-4-7-15-37(35)44-42/h1-26H. The summed E-state index contributed by atoms with van der Waals surface area (Å²) in [5, 5.41) is 7.72. The summed E-state index contributed by atoms with van der Waals surface area (Å²) in [5.41, 5.74) is 9.60. The molecule has 0 unspecified atom stereocenters. The van der Waals surface area contributed by atoms with E-state index in [2.05, 4.69) is 126 Å². The Labute approximate surface area is 269 Å². The lowest BCUT2D eigenvalue weighted by atomic mass is 9.97. The van der Waals surface area contributed by atoms with Crippen LogP contribution in [0.25, 0.3) is 76.8 Å². The molecule has 3 aromatic heterocycles. The highest BCUT2D eigenvalue weighted by atomic mass is 16.3. The van der Waals surface area contributed by atoms with Gasteiger partial charge in [-0.25, -0.2) is 4.98 Å². The summed E-state index contributed by atoms with van der Waals surface area (Å²) in [6.45, 7) is 0. The number of hydrogen-bond acceptors (Lipinski definition) is 4. The monoisotopic (exact) mass is 602 g/mol. The Morgan fingerprint density at radius 1 is 0.404 bits per heavy atom. The van der Waals surface area contributed by atoms with E-state index in [-0.39, 0.29) is 0 Å². The van der Waals surface area contributed by atoms with E-state index in [0.717, 1.165) is 93.9 Å². The number of para-hydroxylation sites is 4. The SMILES string of the molecule is c1ccc(N(c2ccc(-c3nc4ccccc4c4c3ccc3c5ccccc5oc34)cc2)c2ccc3c(c2)oc2ccccc23)cc1. The molecule has 10 rings (SSSR count). The molecule has 0 aliphatic rings. The number of furan rings is 2. The maximum Gasteiger partial charge on any atom is 0.144 e. The van der Waals surface area contributed by atoms with Crippen LogP contribution in [0.1, 0.15) is 0 Å². The second kappa shape index (κ2) is 10.1. The van der Waals surface area contributed by atoms with Gasteiger partial charge >= 0.3 is 0 Å². The topological polar surface area (TPSA) is 42.4 Å². The van der Waals surface area contributed by atoms with Crippen LogP contribution in [0.2, 0.25) is 0 Å². The lowest BCUT2D eigenvalue weighted by Gasteiger charge is -2.25. The van der Waals surface area contributed by atoms with Crippen molar-refractivity contribution in [3.05, 3.63) is 158 Å². The minimum absolute atomic E-state index is 0.866. The highest BCUT2D eigenvalue weighted by Crippen LogP contribution is 2.42. The van der Waals surface area contributed by atoms with Gasteiger partial charge in [-0.1, -0.05) is 91.0 Å². The second-order valence-corrected chi connectivity index (χ2v) is 11.9. The average molecular weight is 603 g/mol. The van der Waals surface area contributed by atoms with E-state index in [1.807, 2.05) is 36.4 Å². The molecule has 0 saturated heterocycles. The molecule has 0 saturated carbocycles. The summed E-state index contributed by atoms with van der Waals surface area (Å²) in [6.07, 6.45) is 0. The summed E-state index contributed by atoms with van der Waals surface area (Å²) in [7, 11) is 0. The molecule has 0 radical (unpaired) electrons. The summed E-state index contributed by atoms with van der Waals surface area (Å²) in [5.74, 6) is 0. The number of aromatic nitrogens is 1. The Balaban J connectivity index is 1.14. The average Bonchev–Trinajstić information content (AvgIpc) is 3.70. The Hall–Kier alpha value is -6.39. The van der Waals surface area contributed by atoms with Crippen molar-refractivity contribution in [2.24, 2.45) is 0 Å². The first-order valence-electron chi connectivity index (χ1n) is 15.8. The van der Waals surface area contributed by atoms with Crippen LogP contribution < -0.4 is 4.90 Å². The Bertz CT molecular complexity index is 2790. The van der Waals surface area contributed by atoms with E-state index in [1.54, 1.807) is 0 Å². The molecule has 220 valence electrons. The van der Waals surface area contributed by atoms with Gasteiger partial charge < -0.3 is 13.7 Å². The number of benzene rings is 7. The van der Waals surface area contributed by atoms with E-state index in [4.69, 9.17) is 13.8 Å². The van der Waals surface area contributed by atoms with Gasteiger partial charge in [0.15, 0.2) is 0 Å². The van der Waals surface area contributed by atoms with Crippen LogP contribution in [0.4, 0.5) is 17.1 Å². The molecule has 0 bridgehead atoms. The highest BCUT2D eigenvalue weighted by molar-refractivity contribution is 6.24. The van der Waals surface area contributed by atoms with Gasteiger partial charge in [0.1, 0.15) is 22.3 Å². The first-order valence-corrected chi connectivity index (χ1v) is 15.8. The third kappa shape index (κ3) is 3.98. The molecule has 0 atom stereocenters. The summed E-state index contributed by atoms with van der Waals surface area (Å²) in [4.78, 5) is 7.48. The van der Waals surface area contributed by atoms with Gasteiger partial charge in [-0.15, -0.1) is 0 Å². The molecule has 0 amide bonds. The van der Waals surface area contributed by atoms with Crippen molar-refractivity contribution in [2.75, 3.05) is 4.90 Å². The molecule has 0 aliphatic heterocycles. The van der Waals surface area contributed by atoms with E-state index in [0.29, 0.717) is 0 Å². The number of nitrogens with zero attached hydrogens (tertiary/aromatic N) is 2. The minimum atomic E-state index is 0.866. The molecule has 0 fully saturated rings. The smallest absolute Gasteiger partial charge is 0.144 e. The zero-order chi connectivity index (χ0) is 30.9. The third-order valence-electron chi connectivity index (χ3n) is 9.24. The second-order valence-electron chi connectivity index (χ2n) is 11.9. The van der Waals surface area contributed by atoms with Crippen molar-refractivity contribution in [2.45, 2.75) is 0 Å². The molecule has 47 heavy (non-hydrogen) atoms. The van der Waals surface area contributed by atoms with Crippen molar-refractivity contribution in [3.8, 4) is 11.3 Å². The van der Waals surface area contributed by atoms with Gasteiger partial charge in [0.2, 0.25) is 0 Å². The van der Waals surface area contributed by atoms with Crippen molar-refractivity contribution in [1.29, 1.82) is 0 Å². The molecule has 4 nitrogen and oxygen atoms in total. The summed E-state index contributed by atoms with van der Waals surface area (Å²) < 4.78 is 12.8. The van der Waals surface area contributed by atoms with E-state index >= 15 is 0 Å². The number of hydrogen-bond donors (Lipinski definition) is 0.